The summed E-state index contributed by atoms with van der Waals surface area (Å²) in [5.74, 6) is 0.359. The van der Waals surface area contributed by atoms with Gasteiger partial charge in [0.2, 0.25) is 0 Å². The highest BCUT2D eigenvalue weighted by molar-refractivity contribution is 5.93. The monoisotopic (exact) mass is 353 g/mol. The molecule has 2 rings (SSSR count). The first-order valence-electron chi connectivity index (χ1n) is 7.34. The number of aliphatic imine (C=N–C) groups is 1. The number of guanidine groups is 1. The maximum atomic E-state index is 12.4. The number of benzene rings is 2. The number of hydrogen-bond donors (Lipinski definition) is 2. The fraction of sp³-hybridized carbons (Fsp3) is 0.235. The molecule has 0 spiro atoms. The van der Waals surface area contributed by atoms with E-state index in [0.717, 1.165) is 16.9 Å². The number of ether oxygens (including phenoxy) is 2. The molecule has 3 N–H and O–H groups in total. The number of aryl methyl sites for hydroxylation is 1. The number of para-hydroxylation sites is 2. The van der Waals surface area contributed by atoms with Crippen LogP contribution in [0.25, 0.3) is 0 Å². The Labute approximate surface area is 143 Å². The topological polar surface area (TPSA) is 68.9 Å². The zero-order valence-corrected chi connectivity index (χ0v) is 13.7. The largest absolute Gasteiger partial charge is 0.573 e. The molecule has 0 aliphatic rings. The Morgan fingerprint density at radius 1 is 1.16 bits per heavy atom. The second-order valence-electron chi connectivity index (χ2n) is 5.17. The summed E-state index contributed by atoms with van der Waals surface area (Å²) in [6, 6.07) is 11.2. The van der Waals surface area contributed by atoms with Crippen LogP contribution in [0, 0.1) is 6.92 Å². The molecular formula is C17H18F3N3O2. The van der Waals surface area contributed by atoms with Crippen molar-refractivity contribution in [2.75, 3.05) is 12.4 Å². The Kier molecular flexibility index (Phi) is 5.74. The molecule has 0 fully saturated rings. The summed E-state index contributed by atoms with van der Waals surface area (Å²) in [5.41, 5.74) is 7.67. The lowest BCUT2D eigenvalue weighted by molar-refractivity contribution is -0.274. The quantitative estimate of drug-likeness (QED) is 0.633. The van der Waals surface area contributed by atoms with Crippen LogP contribution in [0.15, 0.2) is 47.5 Å². The van der Waals surface area contributed by atoms with Crippen LogP contribution < -0.4 is 20.5 Å². The highest BCUT2D eigenvalue weighted by atomic mass is 19.4. The molecule has 0 radical (unpaired) electrons. The zero-order valence-electron chi connectivity index (χ0n) is 13.7. The molecule has 0 amide bonds. The first kappa shape index (κ1) is 18.4. The van der Waals surface area contributed by atoms with E-state index in [4.69, 9.17) is 10.5 Å². The molecular weight excluding hydrogens is 335 g/mol. The molecule has 8 heteroatoms. The Hall–Kier alpha value is -2.90. The van der Waals surface area contributed by atoms with Crippen LogP contribution in [0.3, 0.4) is 0 Å². The number of nitrogens with one attached hydrogen (secondary N) is 1. The Bertz CT molecular complexity index is 761. The van der Waals surface area contributed by atoms with Gasteiger partial charge < -0.3 is 20.5 Å². The number of methoxy groups -OCH3 is 1. The standard InChI is InChI=1S/C17H18F3N3O2/c1-11-9-12(7-8-14(11)24-2)10-22-16(21)23-13-5-3-4-6-15(13)25-17(18,19)20/h3-9H,10H2,1-2H3,(H3,21,22,23). The average Bonchev–Trinajstić information content (AvgIpc) is 2.53. The molecule has 2 aromatic carbocycles. The molecule has 0 aliphatic heterocycles. The predicted octanol–water partition coefficient (Wildman–Crippen LogP) is 3.83. The van der Waals surface area contributed by atoms with Crippen molar-refractivity contribution in [3.63, 3.8) is 0 Å². The van der Waals surface area contributed by atoms with Crippen LogP contribution in [-0.4, -0.2) is 19.4 Å². The predicted molar refractivity (Wildman–Crippen MR) is 89.8 cm³/mol. The molecule has 25 heavy (non-hydrogen) atoms. The highest BCUT2D eigenvalue weighted by Gasteiger charge is 2.32. The van der Waals surface area contributed by atoms with E-state index < -0.39 is 6.36 Å². The third kappa shape index (κ3) is 5.59. The van der Waals surface area contributed by atoms with Crippen LogP contribution in [0.1, 0.15) is 11.1 Å². The Balaban J connectivity index is 2.08. The molecule has 0 atom stereocenters. The average molecular weight is 353 g/mol. The first-order valence-corrected chi connectivity index (χ1v) is 7.34. The van der Waals surface area contributed by atoms with E-state index in [1.54, 1.807) is 13.2 Å². The van der Waals surface area contributed by atoms with Gasteiger partial charge in [0.05, 0.1) is 19.3 Å². The molecule has 0 saturated heterocycles. The van der Waals surface area contributed by atoms with Crippen LogP contribution in [0.4, 0.5) is 18.9 Å². The lowest BCUT2D eigenvalue weighted by Gasteiger charge is -2.14. The molecule has 0 aromatic heterocycles. The molecule has 0 bridgehead atoms. The second kappa shape index (κ2) is 7.78. The molecule has 0 heterocycles. The van der Waals surface area contributed by atoms with Gasteiger partial charge >= 0.3 is 6.36 Å². The zero-order chi connectivity index (χ0) is 18.4. The van der Waals surface area contributed by atoms with Crippen molar-refractivity contribution in [2.24, 2.45) is 10.7 Å². The minimum atomic E-state index is -4.79. The van der Waals surface area contributed by atoms with E-state index in [0.29, 0.717) is 0 Å². The minimum Gasteiger partial charge on any atom is -0.496 e. The van der Waals surface area contributed by atoms with Gasteiger partial charge in [0.15, 0.2) is 11.7 Å². The molecule has 5 nitrogen and oxygen atoms in total. The van der Waals surface area contributed by atoms with E-state index in [9.17, 15) is 13.2 Å². The number of anilines is 1. The second-order valence-corrected chi connectivity index (χ2v) is 5.17. The lowest BCUT2D eigenvalue weighted by atomic mass is 10.1. The minimum absolute atomic E-state index is 0.0216. The number of nitrogens with two attached hydrogens (primary N) is 1. The summed E-state index contributed by atoms with van der Waals surface area (Å²) in [7, 11) is 1.59. The van der Waals surface area contributed by atoms with E-state index >= 15 is 0 Å². The molecule has 134 valence electrons. The van der Waals surface area contributed by atoms with Crippen molar-refractivity contribution in [2.45, 2.75) is 19.8 Å². The maximum absolute atomic E-state index is 12.4. The number of halogens is 3. The van der Waals surface area contributed by atoms with Gasteiger partial charge in [0.25, 0.3) is 0 Å². The van der Waals surface area contributed by atoms with Gasteiger partial charge in [-0.3, -0.25) is 0 Å². The summed E-state index contributed by atoms with van der Waals surface area (Å²) >= 11 is 0. The summed E-state index contributed by atoms with van der Waals surface area (Å²) < 4.78 is 46.3. The van der Waals surface area contributed by atoms with Gasteiger partial charge in [-0.1, -0.05) is 24.3 Å². The van der Waals surface area contributed by atoms with Gasteiger partial charge in [-0.05, 0) is 36.2 Å². The van der Waals surface area contributed by atoms with Crippen molar-refractivity contribution >= 4 is 11.6 Å². The number of rotatable bonds is 5. The van der Waals surface area contributed by atoms with Gasteiger partial charge in [-0.25, -0.2) is 4.99 Å². The summed E-state index contributed by atoms with van der Waals surface area (Å²) in [5, 5.41) is 2.62. The normalized spacial score (nSPS) is 12.0. The maximum Gasteiger partial charge on any atom is 0.573 e. The molecule has 0 saturated carbocycles. The molecule has 2 aromatic rings. The smallest absolute Gasteiger partial charge is 0.496 e. The number of alkyl halides is 3. The van der Waals surface area contributed by atoms with Crippen LogP contribution in [0.5, 0.6) is 11.5 Å². The van der Waals surface area contributed by atoms with Gasteiger partial charge in [-0.2, -0.15) is 0 Å². The van der Waals surface area contributed by atoms with Crippen LogP contribution in [-0.2, 0) is 6.54 Å². The Morgan fingerprint density at radius 3 is 2.52 bits per heavy atom. The van der Waals surface area contributed by atoms with Crippen molar-refractivity contribution in [3.8, 4) is 11.5 Å². The van der Waals surface area contributed by atoms with Crippen LogP contribution >= 0.6 is 0 Å². The van der Waals surface area contributed by atoms with Crippen molar-refractivity contribution in [1.29, 1.82) is 0 Å². The lowest BCUT2D eigenvalue weighted by Crippen LogP contribution is -2.24. The van der Waals surface area contributed by atoms with Crippen LogP contribution in [0.2, 0.25) is 0 Å². The molecule has 0 unspecified atom stereocenters. The molecule has 0 aliphatic carbocycles. The third-order valence-electron chi connectivity index (χ3n) is 3.27. The summed E-state index contributed by atoms with van der Waals surface area (Å²) in [6.45, 7) is 2.17. The van der Waals surface area contributed by atoms with E-state index in [1.165, 1.54) is 18.2 Å². The third-order valence-corrected chi connectivity index (χ3v) is 3.27. The van der Waals surface area contributed by atoms with Crippen molar-refractivity contribution in [3.05, 3.63) is 53.6 Å². The van der Waals surface area contributed by atoms with Gasteiger partial charge in [-0.15, -0.1) is 13.2 Å². The number of hydrogen-bond acceptors (Lipinski definition) is 3. The Morgan fingerprint density at radius 2 is 1.88 bits per heavy atom. The van der Waals surface area contributed by atoms with Gasteiger partial charge in [0, 0.05) is 0 Å². The first-order chi connectivity index (χ1) is 11.8. The van der Waals surface area contributed by atoms with Gasteiger partial charge in [0.1, 0.15) is 5.75 Å². The fourth-order valence-electron chi connectivity index (χ4n) is 2.18. The van der Waals surface area contributed by atoms with E-state index in [1.807, 2.05) is 25.1 Å². The number of nitrogens with zero attached hydrogens (tertiary/aromatic N) is 1. The van der Waals surface area contributed by atoms with Crippen molar-refractivity contribution in [1.82, 2.24) is 0 Å². The summed E-state index contributed by atoms with van der Waals surface area (Å²) in [6.07, 6.45) is -4.79. The SMILES string of the molecule is COc1ccc(CN=C(N)Nc2ccccc2OC(F)(F)F)cc1C. The van der Waals surface area contributed by atoms with Crippen molar-refractivity contribution < 1.29 is 22.6 Å². The highest BCUT2D eigenvalue weighted by Crippen LogP contribution is 2.29. The summed E-state index contributed by atoms with van der Waals surface area (Å²) in [4.78, 5) is 4.13. The van der Waals surface area contributed by atoms with E-state index in [2.05, 4.69) is 15.0 Å². The van der Waals surface area contributed by atoms with E-state index in [-0.39, 0.29) is 23.9 Å². The fourth-order valence-corrected chi connectivity index (χ4v) is 2.18.